The first-order valence-corrected chi connectivity index (χ1v) is 10.1. The molecule has 5 nitrogen and oxygen atoms in total. The fourth-order valence-electron chi connectivity index (χ4n) is 2.78. The van der Waals surface area contributed by atoms with Crippen molar-refractivity contribution in [1.82, 2.24) is 19.7 Å². The van der Waals surface area contributed by atoms with Crippen LogP contribution in [0.5, 0.6) is 0 Å². The molecule has 0 aliphatic carbocycles. The van der Waals surface area contributed by atoms with Crippen molar-refractivity contribution in [2.24, 2.45) is 0 Å². The van der Waals surface area contributed by atoms with E-state index in [4.69, 9.17) is 0 Å². The van der Waals surface area contributed by atoms with E-state index >= 15 is 0 Å². The average Bonchev–Trinajstić information content (AvgIpc) is 3.14. The highest BCUT2D eigenvalue weighted by Crippen LogP contribution is 2.27. The first-order valence-electron chi connectivity index (χ1n) is 8.20. The van der Waals surface area contributed by atoms with Gasteiger partial charge in [-0.25, -0.2) is 4.98 Å². The number of anilines is 2. The Morgan fingerprint density at radius 2 is 2.04 bits per heavy atom. The summed E-state index contributed by atoms with van der Waals surface area (Å²) >= 11 is 3.36. The number of aryl methyl sites for hydroxylation is 1. The number of nitrogens with zero attached hydrogens (tertiary/aromatic N) is 4. The minimum absolute atomic E-state index is 0.825. The van der Waals surface area contributed by atoms with Crippen molar-refractivity contribution >= 4 is 33.9 Å². The molecule has 0 unspecified atom stereocenters. The maximum Gasteiger partial charge on any atom is 0.191 e. The molecule has 1 aliphatic heterocycles. The molecule has 24 heavy (non-hydrogen) atoms. The second-order valence-corrected chi connectivity index (χ2v) is 7.59. The van der Waals surface area contributed by atoms with Gasteiger partial charge in [0.2, 0.25) is 0 Å². The Balaban J connectivity index is 1.39. The van der Waals surface area contributed by atoms with Crippen molar-refractivity contribution in [3.63, 3.8) is 0 Å². The Hall–Kier alpha value is -1.86. The quantitative estimate of drug-likeness (QED) is 0.682. The molecule has 0 fully saturated rings. The van der Waals surface area contributed by atoms with Crippen LogP contribution in [-0.2, 0) is 18.7 Å². The molecule has 124 valence electrons. The van der Waals surface area contributed by atoms with Crippen molar-refractivity contribution in [3.8, 4) is 0 Å². The van der Waals surface area contributed by atoms with Crippen molar-refractivity contribution < 1.29 is 0 Å². The lowest BCUT2D eigenvalue weighted by Crippen LogP contribution is -2.02. The summed E-state index contributed by atoms with van der Waals surface area (Å²) < 4.78 is 2.28. The average molecular weight is 358 g/mol. The van der Waals surface area contributed by atoms with E-state index in [1.54, 1.807) is 23.1 Å². The summed E-state index contributed by atoms with van der Waals surface area (Å²) in [6, 6.07) is 10.1. The number of nitrogens with one attached hydrogen (secondary N) is 1. The summed E-state index contributed by atoms with van der Waals surface area (Å²) in [5.74, 6) is 1.96. The number of para-hydroxylation sites is 1. The minimum atomic E-state index is 0.825. The molecule has 0 saturated carbocycles. The van der Waals surface area contributed by atoms with Gasteiger partial charge in [-0.15, -0.1) is 21.5 Å². The van der Waals surface area contributed by atoms with Crippen LogP contribution in [0, 0.1) is 0 Å². The Kier molecular flexibility index (Phi) is 4.80. The van der Waals surface area contributed by atoms with Crippen molar-refractivity contribution in [1.29, 1.82) is 0 Å². The van der Waals surface area contributed by atoms with E-state index < -0.39 is 0 Å². The molecule has 2 aromatic heterocycles. The Bertz CT molecular complexity index is 796. The molecule has 0 amide bonds. The zero-order chi connectivity index (χ0) is 16.2. The Morgan fingerprint density at radius 3 is 2.96 bits per heavy atom. The van der Waals surface area contributed by atoms with Gasteiger partial charge in [-0.05, 0) is 25.0 Å². The molecule has 0 bridgehead atoms. The van der Waals surface area contributed by atoms with Crippen LogP contribution < -0.4 is 5.32 Å². The summed E-state index contributed by atoms with van der Waals surface area (Å²) in [5.41, 5.74) is 2.14. The molecule has 0 spiro atoms. The van der Waals surface area contributed by atoms with Crippen LogP contribution in [0.1, 0.15) is 30.8 Å². The zero-order valence-electron chi connectivity index (χ0n) is 13.3. The molecule has 0 saturated heterocycles. The lowest BCUT2D eigenvalue weighted by Gasteiger charge is -2.05. The second kappa shape index (κ2) is 7.36. The lowest BCUT2D eigenvalue weighted by molar-refractivity contribution is 0.591. The van der Waals surface area contributed by atoms with Gasteiger partial charge >= 0.3 is 0 Å². The third kappa shape index (κ3) is 3.62. The van der Waals surface area contributed by atoms with Gasteiger partial charge in [0.1, 0.15) is 5.82 Å². The van der Waals surface area contributed by atoms with Gasteiger partial charge in [0.25, 0.3) is 0 Å². The smallest absolute Gasteiger partial charge is 0.191 e. The SMILES string of the molecule is c1ccc(Nc2nc(CSc3nnc4n3CCCCC4)cs2)cc1. The maximum atomic E-state index is 4.66. The fourth-order valence-corrected chi connectivity index (χ4v) is 4.49. The van der Waals surface area contributed by atoms with Gasteiger partial charge < -0.3 is 9.88 Å². The molecule has 1 N–H and O–H groups in total. The van der Waals surface area contributed by atoms with Crippen LogP contribution in [-0.4, -0.2) is 19.7 Å². The van der Waals surface area contributed by atoms with Gasteiger partial charge in [-0.3, -0.25) is 0 Å². The van der Waals surface area contributed by atoms with Crippen LogP contribution in [0.3, 0.4) is 0 Å². The van der Waals surface area contributed by atoms with E-state index in [1.807, 2.05) is 30.3 Å². The molecule has 0 atom stereocenters. The summed E-state index contributed by atoms with van der Waals surface area (Å²) in [4.78, 5) is 4.66. The summed E-state index contributed by atoms with van der Waals surface area (Å²) in [6.45, 7) is 1.04. The van der Waals surface area contributed by atoms with Crippen LogP contribution in [0.2, 0.25) is 0 Å². The summed E-state index contributed by atoms with van der Waals surface area (Å²) in [5, 5.41) is 16.1. The molecule has 1 aromatic carbocycles. The van der Waals surface area contributed by atoms with Crippen LogP contribution in [0.15, 0.2) is 40.9 Å². The molecular weight excluding hydrogens is 338 g/mol. The van der Waals surface area contributed by atoms with Gasteiger partial charge in [-0.1, -0.05) is 36.4 Å². The number of thioether (sulfide) groups is 1. The van der Waals surface area contributed by atoms with Crippen molar-refractivity contribution in [2.75, 3.05) is 5.32 Å². The standard InChI is InChI=1S/C17H19N5S2/c1-3-7-13(8-4-1)18-16-19-14(11-23-16)12-24-17-21-20-15-9-5-2-6-10-22(15)17/h1,3-4,7-8,11H,2,5-6,9-10,12H2,(H,18,19). The number of hydrogen-bond donors (Lipinski definition) is 1. The van der Waals surface area contributed by atoms with E-state index in [2.05, 4.69) is 30.4 Å². The van der Waals surface area contributed by atoms with Gasteiger partial charge in [0.05, 0.1) is 5.69 Å². The molecule has 3 aromatic rings. The predicted molar refractivity (Wildman–Crippen MR) is 99.0 cm³/mol. The van der Waals surface area contributed by atoms with E-state index in [-0.39, 0.29) is 0 Å². The molecule has 4 rings (SSSR count). The highest BCUT2D eigenvalue weighted by Gasteiger charge is 2.15. The zero-order valence-corrected chi connectivity index (χ0v) is 14.9. The first kappa shape index (κ1) is 15.7. The Morgan fingerprint density at radius 1 is 1.12 bits per heavy atom. The number of aromatic nitrogens is 4. The van der Waals surface area contributed by atoms with E-state index in [1.165, 1.54) is 19.3 Å². The summed E-state index contributed by atoms with van der Waals surface area (Å²) in [6.07, 6.45) is 4.79. The van der Waals surface area contributed by atoms with E-state index in [9.17, 15) is 0 Å². The third-order valence-electron chi connectivity index (χ3n) is 4.00. The highest BCUT2D eigenvalue weighted by molar-refractivity contribution is 7.98. The normalized spacial score (nSPS) is 14.2. The Labute approximate surface area is 149 Å². The van der Waals surface area contributed by atoms with Crippen LogP contribution in [0.25, 0.3) is 0 Å². The van der Waals surface area contributed by atoms with Crippen LogP contribution >= 0.6 is 23.1 Å². The lowest BCUT2D eigenvalue weighted by atomic mass is 10.2. The number of hydrogen-bond acceptors (Lipinski definition) is 6. The number of fused-ring (bicyclic) bond motifs is 1. The molecule has 7 heteroatoms. The number of rotatable bonds is 5. The van der Waals surface area contributed by atoms with Crippen molar-refractivity contribution in [2.45, 2.75) is 43.1 Å². The second-order valence-electron chi connectivity index (χ2n) is 5.78. The van der Waals surface area contributed by atoms with E-state index in [0.29, 0.717) is 0 Å². The minimum Gasteiger partial charge on any atom is -0.332 e. The van der Waals surface area contributed by atoms with Crippen molar-refractivity contribution in [3.05, 3.63) is 47.2 Å². The number of benzene rings is 1. The molecule has 0 radical (unpaired) electrons. The maximum absolute atomic E-state index is 4.66. The fraction of sp³-hybridized carbons (Fsp3) is 0.353. The monoisotopic (exact) mass is 357 g/mol. The van der Waals surface area contributed by atoms with Gasteiger partial charge in [0, 0.05) is 29.8 Å². The first-order chi connectivity index (χ1) is 11.9. The topological polar surface area (TPSA) is 55.6 Å². The molecule has 3 heterocycles. The number of thiazole rings is 1. The summed E-state index contributed by atoms with van der Waals surface area (Å²) in [7, 11) is 0. The molecular formula is C17H19N5S2. The highest BCUT2D eigenvalue weighted by atomic mass is 32.2. The van der Waals surface area contributed by atoms with Gasteiger partial charge in [-0.2, -0.15) is 0 Å². The largest absolute Gasteiger partial charge is 0.332 e. The van der Waals surface area contributed by atoms with E-state index in [0.717, 1.165) is 46.2 Å². The van der Waals surface area contributed by atoms with Crippen LogP contribution in [0.4, 0.5) is 10.8 Å². The molecule has 1 aliphatic rings. The predicted octanol–water partition coefficient (Wildman–Crippen LogP) is 4.50. The van der Waals surface area contributed by atoms with Gasteiger partial charge in [0.15, 0.2) is 10.3 Å². The third-order valence-corrected chi connectivity index (χ3v) is 5.81.